The molecule has 0 atom stereocenters. The molecule has 0 saturated heterocycles. The lowest BCUT2D eigenvalue weighted by Gasteiger charge is -2.12. The molecule has 1 aromatic carbocycles. The number of hydrogen-bond donors (Lipinski definition) is 2. The van der Waals surface area contributed by atoms with Gasteiger partial charge in [-0.2, -0.15) is 0 Å². The van der Waals surface area contributed by atoms with E-state index in [1.807, 2.05) is 31.2 Å². The predicted molar refractivity (Wildman–Crippen MR) is 96.8 cm³/mol. The lowest BCUT2D eigenvalue weighted by atomic mass is 10.2. The Hall–Kier alpha value is -3.29. The Kier molecular flexibility index (Phi) is 4.69. The Balaban J connectivity index is 1.88. The normalized spacial score (nSPS) is 10.5. The topological polar surface area (TPSA) is 95.9 Å². The number of anilines is 3. The number of nitrogens with one attached hydrogen (secondary N) is 2. The van der Waals surface area contributed by atoms with Crippen LogP contribution in [0.2, 0.25) is 0 Å². The highest BCUT2D eigenvalue weighted by Gasteiger charge is 2.10. The third-order valence-corrected chi connectivity index (χ3v) is 3.55. The van der Waals surface area contributed by atoms with Gasteiger partial charge < -0.3 is 15.5 Å². The van der Waals surface area contributed by atoms with E-state index in [9.17, 15) is 4.79 Å². The number of likely N-dealkylation sites (N-methyl/N-ethyl adjacent to an activating group) is 1. The Morgan fingerprint density at radius 1 is 1.20 bits per heavy atom. The standard InChI is InChI=1S/C17H19N7O/c1-11-5-4-6-12(7-11)22-16-15-13(20-10-21-16)8-18-17(23-15)19-9-14(25)24(2)3/h4-8,10H,9H2,1-3H3,(H,18,19,23)(H,20,21,22). The van der Waals surface area contributed by atoms with Crippen LogP contribution < -0.4 is 10.6 Å². The molecule has 8 heteroatoms. The molecular formula is C17H19N7O. The zero-order valence-corrected chi connectivity index (χ0v) is 14.3. The van der Waals surface area contributed by atoms with Crippen LogP contribution >= 0.6 is 0 Å². The third-order valence-electron chi connectivity index (χ3n) is 3.55. The van der Waals surface area contributed by atoms with E-state index in [-0.39, 0.29) is 12.5 Å². The summed E-state index contributed by atoms with van der Waals surface area (Å²) in [5.74, 6) is 0.871. The maximum Gasteiger partial charge on any atom is 0.241 e. The molecule has 1 amide bonds. The van der Waals surface area contributed by atoms with Crippen LogP contribution in [0.15, 0.2) is 36.8 Å². The number of carbonyl (C=O) groups excluding carboxylic acids is 1. The molecule has 0 aliphatic heterocycles. The number of rotatable bonds is 5. The molecule has 0 unspecified atom stereocenters. The van der Waals surface area contributed by atoms with E-state index in [4.69, 9.17) is 0 Å². The van der Waals surface area contributed by atoms with Crippen molar-refractivity contribution in [1.29, 1.82) is 0 Å². The summed E-state index contributed by atoms with van der Waals surface area (Å²) in [6.45, 7) is 2.14. The van der Waals surface area contributed by atoms with Gasteiger partial charge in [0.15, 0.2) is 5.82 Å². The van der Waals surface area contributed by atoms with Gasteiger partial charge in [0, 0.05) is 19.8 Å². The van der Waals surface area contributed by atoms with Crippen LogP contribution in [0.3, 0.4) is 0 Å². The third kappa shape index (κ3) is 3.97. The lowest BCUT2D eigenvalue weighted by Crippen LogP contribution is -2.29. The molecule has 3 aromatic rings. The number of benzene rings is 1. The molecule has 0 aliphatic rings. The van der Waals surface area contributed by atoms with Gasteiger partial charge in [-0.15, -0.1) is 0 Å². The fourth-order valence-electron chi connectivity index (χ4n) is 2.20. The summed E-state index contributed by atoms with van der Waals surface area (Å²) in [6.07, 6.45) is 3.07. The fraction of sp³-hybridized carbons (Fsp3) is 0.235. The highest BCUT2D eigenvalue weighted by atomic mass is 16.2. The van der Waals surface area contributed by atoms with Gasteiger partial charge in [0.1, 0.15) is 17.4 Å². The molecular weight excluding hydrogens is 318 g/mol. The summed E-state index contributed by atoms with van der Waals surface area (Å²) in [6, 6.07) is 7.96. The molecule has 2 aromatic heterocycles. The van der Waals surface area contributed by atoms with Crippen LogP contribution in [0.1, 0.15) is 5.56 Å². The van der Waals surface area contributed by atoms with Crippen LogP contribution in [-0.4, -0.2) is 51.4 Å². The first-order valence-corrected chi connectivity index (χ1v) is 7.78. The number of aryl methyl sites for hydroxylation is 1. The van der Waals surface area contributed by atoms with E-state index in [0.29, 0.717) is 22.8 Å². The molecule has 0 bridgehead atoms. The van der Waals surface area contributed by atoms with Crippen LogP contribution in [0, 0.1) is 6.92 Å². The van der Waals surface area contributed by atoms with E-state index in [1.165, 1.54) is 11.2 Å². The summed E-state index contributed by atoms with van der Waals surface area (Å²) in [7, 11) is 3.39. The molecule has 25 heavy (non-hydrogen) atoms. The predicted octanol–water partition coefficient (Wildman–Crippen LogP) is 1.97. The van der Waals surface area contributed by atoms with Crippen molar-refractivity contribution in [2.45, 2.75) is 6.92 Å². The van der Waals surface area contributed by atoms with Crippen LogP contribution in [-0.2, 0) is 4.79 Å². The molecule has 2 heterocycles. The van der Waals surface area contributed by atoms with Gasteiger partial charge in [-0.25, -0.2) is 19.9 Å². The van der Waals surface area contributed by atoms with Crippen LogP contribution in [0.5, 0.6) is 0 Å². The van der Waals surface area contributed by atoms with Gasteiger partial charge >= 0.3 is 0 Å². The number of amides is 1. The van der Waals surface area contributed by atoms with E-state index in [0.717, 1.165) is 11.3 Å². The fourth-order valence-corrected chi connectivity index (χ4v) is 2.20. The smallest absolute Gasteiger partial charge is 0.241 e. The second-order valence-electron chi connectivity index (χ2n) is 5.79. The van der Waals surface area contributed by atoms with Crippen molar-refractivity contribution in [3.05, 3.63) is 42.4 Å². The number of fused-ring (bicyclic) bond motifs is 1. The summed E-state index contributed by atoms with van der Waals surface area (Å²) < 4.78 is 0. The lowest BCUT2D eigenvalue weighted by molar-refractivity contribution is -0.126. The summed E-state index contributed by atoms with van der Waals surface area (Å²) >= 11 is 0. The largest absolute Gasteiger partial charge is 0.347 e. The van der Waals surface area contributed by atoms with Gasteiger partial charge in [-0.05, 0) is 24.6 Å². The number of carbonyl (C=O) groups is 1. The van der Waals surface area contributed by atoms with Crippen LogP contribution in [0.25, 0.3) is 11.0 Å². The maximum atomic E-state index is 11.7. The average molecular weight is 337 g/mol. The first kappa shape index (κ1) is 16.6. The van der Waals surface area contributed by atoms with Crippen LogP contribution in [0.4, 0.5) is 17.5 Å². The Labute approximate surface area is 145 Å². The molecule has 0 spiro atoms. The first-order valence-electron chi connectivity index (χ1n) is 7.78. The molecule has 0 aliphatic carbocycles. The number of aromatic nitrogens is 4. The van der Waals surface area contributed by atoms with E-state index < -0.39 is 0 Å². The molecule has 0 radical (unpaired) electrons. The number of hydrogen-bond acceptors (Lipinski definition) is 7. The van der Waals surface area contributed by atoms with E-state index in [1.54, 1.807) is 20.3 Å². The highest BCUT2D eigenvalue weighted by molar-refractivity contribution is 5.87. The van der Waals surface area contributed by atoms with Gasteiger partial charge in [-0.1, -0.05) is 12.1 Å². The SMILES string of the molecule is Cc1cccc(Nc2ncnc3cnc(NCC(=O)N(C)C)nc23)c1. The summed E-state index contributed by atoms with van der Waals surface area (Å²) in [4.78, 5) is 30.3. The molecule has 0 fully saturated rings. The quantitative estimate of drug-likeness (QED) is 0.735. The first-order chi connectivity index (χ1) is 12.0. The zero-order chi connectivity index (χ0) is 17.8. The van der Waals surface area contributed by atoms with Crippen molar-refractivity contribution in [1.82, 2.24) is 24.8 Å². The monoisotopic (exact) mass is 337 g/mol. The Morgan fingerprint density at radius 2 is 2.04 bits per heavy atom. The molecule has 2 N–H and O–H groups in total. The van der Waals surface area contributed by atoms with Gasteiger partial charge in [-0.3, -0.25) is 4.79 Å². The summed E-state index contributed by atoms with van der Waals surface area (Å²) in [5.41, 5.74) is 3.26. The van der Waals surface area contributed by atoms with E-state index in [2.05, 4.69) is 30.6 Å². The summed E-state index contributed by atoms with van der Waals surface area (Å²) in [5, 5.41) is 6.18. The minimum absolute atomic E-state index is 0.0638. The zero-order valence-electron chi connectivity index (χ0n) is 14.3. The van der Waals surface area contributed by atoms with Gasteiger partial charge in [0.25, 0.3) is 0 Å². The van der Waals surface area contributed by atoms with Crippen molar-refractivity contribution in [2.75, 3.05) is 31.3 Å². The molecule has 3 rings (SSSR count). The number of nitrogens with zero attached hydrogens (tertiary/aromatic N) is 5. The Bertz CT molecular complexity index is 910. The van der Waals surface area contributed by atoms with Crippen molar-refractivity contribution in [2.24, 2.45) is 0 Å². The van der Waals surface area contributed by atoms with Gasteiger partial charge in [0.2, 0.25) is 11.9 Å². The van der Waals surface area contributed by atoms with Gasteiger partial charge in [0.05, 0.1) is 12.7 Å². The second-order valence-corrected chi connectivity index (χ2v) is 5.79. The second kappa shape index (κ2) is 7.08. The van der Waals surface area contributed by atoms with Crippen molar-refractivity contribution < 1.29 is 4.79 Å². The maximum absolute atomic E-state index is 11.7. The van der Waals surface area contributed by atoms with E-state index >= 15 is 0 Å². The van der Waals surface area contributed by atoms with Crippen molar-refractivity contribution >= 4 is 34.4 Å². The van der Waals surface area contributed by atoms with Crippen molar-refractivity contribution in [3.8, 4) is 0 Å². The molecule has 8 nitrogen and oxygen atoms in total. The molecule has 0 saturated carbocycles. The highest BCUT2D eigenvalue weighted by Crippen LogP contribution is 2.22. The minimum atomic E-state index is -0.0638. The Morgan fingerprint density at radius 3 is 2.80 bits per heavy atom. The minimum Gasteiger partial charge on any atom is -0.347 e. The average Bonchev–Trinajstić information content (AvgIpc) is 2.60. The van der Waals surface area contributed by atoms with Crippen molar-refractivity contribution in [3.63, 3.8) is 0 Å². The molecule has 128 valence electrons.